The van der Waals surface area contributed by atoms with Crippen LogP contribution >= 0.6 is 0 Å². The Hall–Kier alpha value is -0.170. The highest BCUT2D eigenvalue weighted by molar-refractivity contribution is 7.88. The lowest BCUT2D eigenvalue weighted by atomic mass is 9.96. The van der Waals surface area contributed by atoms with Gasteiger partial charge in [0.15, 0.2) is 0 Å². The fourth-order valence-electron chi connectivity index (χ4n) is 1.69. The zero-order valence-corrected chi connectivity index (χ0v) is 10.2. The third-order valence-corrected chi connectivity index (χ3v) is 3.65. The van der Waals surface area contributed by atoms with Crippen molar-refractivity contribution in [2.75, 3.05) is 25.9 Å². The number of hydrogen-bond acceptors (Lipinski definition) is 4. The van der Waals surface area contributed by atoms with E-state index in [9.17, 15) is 8.42 Å². The van der Waals surface area contributed by atoms with Gasteiger partial charge in [-0.05, 0) is 25.7 Å². The van der Waals surface area contributed by atoms with Gasteiger partial charge in [-0.3, -0.25) is 0 Å². The van der Waals surface area contributed by atoms with E-state index in [1.807, 2.05) is 0 Å². The maximum Gasteiger partial charge on any atom is 0.208 e. The summed E-state index contributed by atoms with van der Waals surface area (Å²) in [4.78, 5) is 0. The van der Waals surface area contributed by atoms with Crippen molar-refractivity contribution in [3.05, 3.63) is 0 Å². The Morgan fingerprint density at radius 2 is 2.00 bits per heavy atom. The average Bonchev–Trinajstić information content (AvgIpc) is 2.93. The molecule has 0 aliphatic heterocycles. The van der Waals surface area contributed by atoms with Crippen LogP contribution in [0.1, 0.15) is 19.8 Å². The van der Waals surface area contributed by atoms with E-state index in [1.54, 1.807) is 0 Å². The van der Waals surface area contributed by atoms with Crippen LogP contribution in [0.4, 0.5) is 0 Å². The predicted molar refractivity (Wildman–Crippen MR) is 61.0 cm³/mol. The van der Waals surface area contributed by atoms with Gasteiger partial charge < -0.3 is 11.1 Å². The number of nitrogens with one attached hydrogen (secondary N) is 2. The molecule has 4 N–H and O–H groups in total. The van der Waals surface area contributed by atoms with Crippen LogP contribution in [0.25, 0.3) is 0 Å². The molecule has 0 bridgehead atoms. The Morgan fingerprint density at radius 1 is 1.40 bits per heavy atom. The maximum atomic E-state index is 10.8. The van der Waals surface area contributed by atoms with Crippen molar-refractivity contribution in [3.8, 4) is 0 Å². The molecule has 0 aromatic heterocycles. The summed E-state index contributed by atoms with van der Waals surface area (Å²) in [6.07, 6.45) is 3.61. The summed E-state index contributed by atoms with van der Waals surface area (Å²) < 4.78 is 24.1. The minimum Gasteiger partial charge on any atom is -0.329 e. The number of nitrogens with two attached hydrogens (primary N) is 1. The Labute approximate surface area is 91.9 Å². The monoisotopic (exact) mass is 235 g/mol. The molecule has 1 unspecified atom stereocenters. The van der Waals surface area contributed by atoms with Crippen LogP contribution < -0.4 is 15.8 Å². The van der Waals surface area contributed by atoms with Gasteiger partial charge >= 0.3 is 0 Å². The van der Waals surface area contributed by atoms with Gasteiger partial charge in [-0.1, -0.05) is 0 Å². The second-order valence-electron chi connectivity index (χ2n) is 4.49. The molecule has 90 valence electrons. The lowest BCUT2D eigenvalue weighted by molar-refractivity contribution is 0.322. The molecule has 0 heterocycles. The lowest BCUT2D eigenvalue weighted by Gasteiger charge is -2.29. The first-order valence-electron chi connectivity index (χ1n) is 5.27. The molecule has 0 aromatic carbocycles. The summed E-state index contributed by atoms with van der Waals surface area (Å²) in [6, 6.07) is 0. The molecule has 0 spiro atoms. The molecule has 0 amide bonds. The van der Waals surface area contributed by atoms with Crippen molar-refractivity contribution in [1.82, 2.24) is 10.0 Å². The molecule has 1 atom stereocenters. The first-order chi connectivity index (χ1) is 6.87. The molecule has 6 heteroatoms. The van der Waals surface area contributed by atoms with E-state index in [-0.39, 0.29) is 5.54 Å². The van der Waals surface area contributed by atoms with Gasteiger partial charge in [0, 0.05) is 25.2 Å². The molecular weight excluding hydrogens is 214 g/mol. The quantitative estimate of drug-likeness (QED) is 0.507. The number of rotatable bonds is 7. The van der Waals surface area contributed by atoms with E-state index in [2.05, 4.69) is 17.0 Å². The summed E-state index contributed by atoms with van der Waals surface area (Å²) in [5.74, 6) is 0.653. The molecule has 0 aromatic rings. The lowest BCUT2D eigenvalue weighted by Crippen LogP contribution is -2.52. The minimum atomic E-state index is -3.07. The molecule has 1 aliphatic rings. The highest BCUT2D eigenvalue weighted by Gasteiger charge is 2.39. The molecule has 1 fully saturated rings. The largest absolute Gasteiger partial charge is 0.329 e. The Kier molecular flexibility index (Phi) is 4.11. The summed E-state index contributed by atoms with van der Waals surface area (Å²) in [5, 5.41) is 3.33. The summed E-state index contributed by atoms with van der Waals surface area (Å²) in [7, 11) is -3.07. The zero-order chi connectivity index (χ0) is 11.5. The molecule has 1 saturated carbocycles. The first kappa shape index (κ1) is 12.9. The van der Waals surface area contributed by atoms with Crippen LogP contribution in [-0.2, 0) is 10.0 Å². The molecule has 1 aliphatic carbocycles. The third kappa shape index (κ3) is 4.46. The van der Waals surface area contributed by atoms with Gasteiger partial charge in [0.05, 0.1) is 6.26 Å². The van der Waals surface area contributed by atoms with E-state index in [0.29, 0.717) is 25.6 Å². The van der Waals surface area contributed by atoms with Crippen LogP contribution in [0, 0.1) is 5.92 Å². The third-order valence-electron chi connectivity index (χ3n) is 2.92. The molecule has 0 saturated heterocycles. The average molecular weight is 235 g/mol. The standard InChI is InChI=1S/C9H21N3O2S/c1-9(7-10,8-3-4-8)11-5-6-12-15(2,13)14/h8,11-12H,3-7,10H2,1-2H3. The first-order valence-corrected chi connectivity index (χ1v) is 7.16. The van der Waals surface area contributed by atoms with Crippen molar-refractivity contribution >= 4 is 10.0 Å². The van der Waals surface area contributed by atoms with Gasteiger partial charge in [0.2, 0.25) is 10.0 Å². The fraction of sp³-hybridized carbons (Fsp3) is 1.00. The number of sulfonamides is 1. The van der Waals surface area contributed by atoms with Crippen LogP contribution in [0.3, 0.4) is 0 Å². The molecule has 1 rings (SSSR count). The fourth-order valence-corrected chi connectivity index (χ4v) is 2.16. The molecule has 15 heavy (non-hydrogen) atoms. The van der Waals surface area contributed by atoms with E-state index in [1.165, 1.54) is 12.8 Å². The van der Waals surface area contributed by atoms with E-state index >= 15 is 0 Å². The summed E-state index contributed by atoms with van der Waals surface area (Å²) in [5.41, 5.74) is 5.69. The summed E-state index contributed by atoms with van der Waals surface area (Å²) in [6.45, 7) is 3.74. The minimum absolute atomic E-state index is 0.0286. The number of hydrogen-bond donors (Lipinski definition) is 3. The van der Waals surface area contributed by atoms with Crippen molar-refractivity contribution in [2.24, 2.45) is 11.7 Å². The van der Waals surface area contributed by atoms with Crippen LogP contribution in [-0.4, -0.2) is 39.8 Å². The van der Waals surface area contributed by atoms with E-state index < -0.39 is 10.0 Å². The predicted octanol–water partition coefficient (Wildman–Crippen LogP) is -0.747. The van der Waals surface area contributed by atoms with E-state index in [4.69, 9.17) is 5.73 Å². The van der Waals surface area contributed by atoms with Crippen molar-refractivity contribution in [1.29, 1.82) is 0 Å². The van der Waals surface area contributed by atoms with Gasteiger partial charge in [0.25, 0.3) is 0 Å². The highest BCUT2D eigenvalue weighted by Crippen LogP contribution is 2.38. The van der Waals surface area contributed by atoms with Crippen molar-refractivity contribution in [3.63, 3.8) is 0 Å². The van der Waals surface area contributed by atoms with Gasteiger partial charge in [0.1, 0.15) is 0 Å². The summed E-state index contributed by atoms with van der Waals surface area (Å²) >= 11 is 0. The van der Waals surface area contributed by atoms with Crippen molar-refractivity contribution < 1.29 is 8.42 Å². The van der Waals surface area contributed by atoms with Crippen LogP contribution in [0.5, 0.6) is 0 Å². The van der Waals surface area contributed by atoms with Crippen molar-refractivity contribution in [2.45, 2.75) is 25.3 Å². The second-order valence-corrected chi connectivity index (χ2v) is 6.32. The SMILES string of the molecule is CC(CN)(NCCNS(C)(=O)=O)C1CC1. The topological polar surface area (TPSA) is 84.2 Å². The zero-order valence-electron chi connectivity index (χ0n) is 9.41. The van der Waals surface area contributed by atoms with Gasteiger partial charge in [-0.2, -0.15) is 0 Å². The smallest absolute Gasteiger partial charge is 0.208 e. The Bertz CT molecular complexity index is 300. The Morgan fingerprint density at radius 3 is 2.40 bits per heavy atom. The van der Waals surface area contributed by atoms with E-state index in [0.717, 1.165) is 6.26 Å². The van der Waals surface area contributed by atoms with Crippen LogP contribution in [0.15, 0.2) is 0 Å². The molecule has 5 nitrogen and oxygen atoms in total. The highest BCUT2D eigenvalue weighted by atomic mass is 32.2. The molecular formula is C9H21N3O2S. The molecule has 0 radical (unpaired) electrons. The normalized spacial score (nSPS) is 21.3. The van der Waals surface area contributed by atoms with Gasteiger partial charge in [-0.15, -0.1) is 0 Å². The second kappa shape index (κ2) is 4.78. The Balaban J connectivity index is 2.23. The maximum absolute atomic E-state index is 10.8. The van der Waals surface area contributed by atoms with Crippen LogP contribution in [0.2, 0.25) is 0 Å². The van der Waals surface area contributed by atoms with Gasteiger partial charge in [-0.25, -0.2) is 13.1 Å².